The molecule has 0 aromatic carbocycles. The van der Waals surface area contributed by atoms with Crippen molar-refractivity contribution in [3.8, 4) is 0 Å². The van der Waals surface area contributed by atoms with Crippen LogP contribution in [-0.4, -0.2) is 55.0 Å². The van der Waals surface area contributed by atoms with Crippen molar-refractivity contribution < 1.29 is 13.6 Å². The van der Waals surface area contributed by atoms with Crippen LogP contribution in [0.3, 0.4) is 0 Å². The van der Waals surface area contributed by atoms with Crippen molar-refractivity contribution in [2.24, 2.45) is 10.9 Å². The number of rotatable bonds is 3. The molecule has 1 aliphatic heterocycles. The van der Waals surface area contributed by atoms with Gasteiger partial charge in [-0.15, -0.1) is 0 Å². The molecule has 1 unspecified atom stereocenters. The monoisotopic (exact) mass is 249 g/mol. The highest BCUT2D eigenvalue weighted by Gasteiger charge is 2.22. The first kappa shape index (κ1) is 13.2. The zero-order valence-corrected chi connectivity index (χ0v) is 10.3. The predicted molar refractivity (Wildman–Crippen MR) is 62.3 cm³/mol. The van der Waals surface area contributed by atoms with Gasteiger partial charge in [0, 0.05) is 19.0 Å². The normalized spacial score (nSPS) is 24.9. The predicted octanol–water partition coefficient (Wildman–Crippen LogP) is -0.368. The number of nitrogens with zero attached hydrogens (tertiary/aromatic N) is 2. The molecule has 94 valence electrons. The number of amidine groups is 1. The second kappa shape index (κ2) is 5.49. The second-order valence-corrected chi connectivity index (χ2v) is 6.49. The fraction of sp³-hybridized carbons (Fsp3) is 0.889. The van der Waals surface area contributed by atoms with Crippen molar-refractivity contribution in [3.05, 3.63) is 0 Å². The van der Waals surface area contributed by atoms with Gasteiger partial charge in [-0.3, -0.25) is 4.90 Å². The van der Waals surface area contributed by atoms with Gasteiger partial charge >= 0.3 is 0 Å². The van der Waals surface area contributed by atoms with Crippen LogP contribution in [-0.2, 0) is 9.84 Å². The van der Waals surface area contributed by atoms with Crippen LogP contribution in [0.1, 0.15) is 19.8 Å². The minimum atomic E-state index is -2.87. The van der Waals surface area contributed by atoms with E-state index in [4.69, 9.17) is 10.9 Å². The van der Waals surface area contributed by atoms with Gasteiger partial charge in [-0.1, -0.05) is 5.16 Å². The Balaban J connectivity index is 2.54. The Hall–Kier alpha value is -0.820. The minimum Gasteiger partial charge on any atom is -0.409 e. The Morgan fingerprint density at radius 3 is 2.81 bits per heavy atom. The third kappa shape index (κ3) is 3.97. The van der Waals surface area contributed by atoms with Crippen LogP contribution in [0.2, 0.25) is 0 Å². The lowest BCUT2D eigenvalue weighted by Gasteiger charge is -2.26. The SMILES string of the molecule is CC(CC(N)=NO)N1CCCS(=O)(=O)CC1. The summed E-state index contributed by atoms with van der Waals surface area (Å²) in [4.78, 5) is 2.07. The highest BCUT2D eigenvalue weighted by molar-refractivity contribution is 7.91. The van der Waals surface area contributed by atoms with Gasteiger partial charge in [-0.05, 0) is 19.9 Å². The number of nitrogens with two attached hydrogens (primary N) is 1. The Kier molecular flexibility index (Phi) is 4.55. The number of hydrogen-bond donors (Lipinski definition) is 2. The van der Waals surface area contributed by atoms with E-state index in [-0.39, 0.29) is 23.4 Å². The molecule has 0 radical (unpaired) electrons. The maximum Gasteiger partial charge on any atom is 0.151 e. The van der Waals surface area contributed by atoms with Crippen LogP contribution in [0, 0.1) is 0 Å². The van der Waals surface area contributed by atoms with Gasteiger partial charge in [0.25, 0.3) is 0 Å². The molecule has 1 heterocycles. The van der Waals surface area contributed by atoms with Gasteiger partial charge in [0.2, 0.25) is 0 Å². The summed E-state index contributed by atoms with van der Waals surface area (Å²) in [6.45, 7) is 3.23. The van der Waals surface area contributed by atoms with Gasteiger partial charge in [0.05, 0.1) is 11.5 Å². The summed E-state index contributed by atoms with van der Waals surface area (Å²) < 4.78 is 22.8. The van der Waals surface area contributed by atoms with Crippen LogP contribution < -0.4 is 5.73 Å². The zero-order valence-electron chi connectivity index (χ0n) is 9.46. The molecule has 1 saturated heterocycles. The topological polar surface area (TPSA) is 96.0 Å². The molecule has 16 heavy (non-hydrogen) atoms. The fourth-order valence-corrected chi connectivity index (χ4v) is 3.16. The molecule has 0 saturated carbocycles. The lowest BCUT2D eigenvalue weighted by Crippen LogP contribution is -2.38. The Morgan fingerprint density at radius 2 is 2.19 bits per heavy atom. The van der Waals surface area contributed by atoms with E-state index in [1.807, 2.05) is 6.92 Å². The van der Waals surface area contributed by atoms with Crippen molar-refractivity contribution in [1.82, 2.24) is 4.90 Å². The summed E-state index contributed by atoms with van der Waals surface area (Å²) in [6.07, 6.45) is 1.11. The molecular weight excluding hydrogens is 230 g/mol. The van der Waals surface area contributed by atoms with Crippen LogP contribution in [0.5, 0.6) is 0 Å². The average Bonchev–Trinajstić information content (AvgIpc) is 2.39. The quantitative estimate of drug-likeness (QED) is 0.308. The Morgan fingerprint density at radius 1 is 1.50 bits per heavy atom. The smallest absolute Gasteiger partial charge is 0.151 e. The molecule has 1 atom stereocenters. The molecule has 0 bridgehead atoms. The van der Waals surface area contributed by atoms with Crippen molar-refractivity contribution in [1.29, 1.82) is 0 Å². The summed E-state index contributed by atoms with van der Waals surface area (Å²) in [5.74, 6) is 0.646. The molecule has 7 heteroatoms. The lowest BCUT2D eigenvalue weighted by molar-refractivity contribution is 0.227. The molecule has 0 amide bonds. The van der Waals surface area contributed by atoms with Crippen molar-refractivity contribution >= 4 is 15.7 Å². The van der Waals surface area contributed by atoms with E-state index in [1.165, 1.54) is 0 Å². The highest BCUT2D eigenvalue weighted by Crippen LogP contribution is 2.10. The van der Waals surface area contributed by atoms with E-state index in [1.54, 1.807) is 0 Å². The zero-order chi connectivity index (χ0) is 12.2. The van der Waals surface area contributed by atoms with E-state index in [9.17, 15) is 8.42 Å². The second-order valence-electron chi connectivity index (χ2n) is 4.19. The number of oxime groups is 1. The van der Waals surface area contributed by atoms with E-state index in [2.05, 4.69) is 10.1 Å². The van der Waals surface area contributed by atoms with Gasteiger partial charge < -0.3 is 10.9 Å². The van der Waals surface area contributed by atoms with Crippen molar-refractivity contribution in [3.63, 3.8) is 0 Å². The van der Waals surface area contributed by atoms with Crippen LogP contribution in [0.25, 0.3) is 0 Å². The maximum atomic E-state index is 11.4. The Bertz CT molecular complexity index is 353. The maximum absolute atomic E-state index is 11.4. The molecule has 3 N–H and O–H groups in total. The van der Waals surface area contributed by atoms with E-state index >= 15 is 0 Å². The fourth-order valence-electron chi connectivity index (χ4n) is 1.87. The molecule has 0 aromatic heterocycles. The lowest BCUT2D eigenvalue weighted by atomic mass is 10.2. The highest BCUT2D eigenvalue weighted by atomic mass is 32.2. The van der Waals surface area contributed by atoms with E-state index < -0.39 is 9.84 Å². The molecule has 1 fully saturated rings. The van der Waals surface area contributed by atoms with Crippen molar-refractivity contribution in [2.75, 3.05) is 24.6 Å². The molecule has 1 aliphatic rings. The van der Waals surface area contributed by atoms with Crippen LogP contribution >= 0.6 is 0 Å². The first-order valence-electron chi connectivity index (χ1n) is 5.35. The standard InChI is InChI=1S/C9H19N3O3S/c1-8(7-9(10)11-13)12-3-2-5-16(14,15)6-4-12/h8,13H,2-7H2,1H3,(H2,10,11). The summed E-state index contributed by atoms with van der Waals surface area (Å²) in [5.41, 5.74) is 5.43. The number of sulfone groups is 1. The summed E-state index contributed by atoms with van der Waals surface area (Å²) >= 11 is 0. The van der Waals surface area contributed by atoms with E-state index in [0.29, 0.717) is 19.4 Å². The summed E-state index contributed by atoms with van der Waals surface area (Å²) in [5, 5.41) is 11.4. The van der Waals surface area contributed by atoms with Gasteiger partial charge in [0.15, 0.2) is 9.84 Å². The van der Waals surface area contributed by atoms with Gasteiger partial charge in [0.1, 0.15) is 5.84 Å². The first-order valence-corrected chi connectivity index (χ1v) is 7.17. The van der Waals surface area contributed by atoms with Crippen LogP contribution in [0.15, 0.2) is 5.16 Å². The third-order valence-corrected chi connectivity index (χ3v) is 4.56. The van der Waals surface area contributed by atoms with E-state index in [0.717, 1.165) is 6.54 Å². The van der Waals surface area contributed by atoms with Gasteiger partial charge in [-0.25, -0.2) is 8.42 Å². The first-order chi connectivity index (χ1) is 7.44. The largest absolute Gasteiger partial charge is 0.409 e. The summed E-state index contributed by atoms with van der Waals surface area (Å²) in [7, 11) is -2.87. The summed E-state index contributed by atoms with van der Waals surface area (Å²) in [6, 6.07) is 0.101. The molecule has 0 aromatic rings. The molecule has 0 aliphatic carbocycles. The van der Waals surface area contributed by atoms with Crippen LogP contribution in [0.4, 0.5) is 0 Å². The minimum absolute atomic E-state index is 0.101. The molecular formula is C9H19N3O3S. The van der Waals surface area contributed by atoms with Crippen molar-refractivity contribution in [2.45, 2.75) is 25.8 Å². The molecule has 0 spiro atoms. The van der Waals surface area contributed by atoms with Gasteiger partial charge in [-0.2, -0.15) is 0 Å². The third-order valence-electron chi connectivity index (χ3n) is 2.85. The number of hydrogen-bond acceptors (Lipinski definition) is 5. The molecule has 6 nitrogen and oxygen atoms in total. The average molecular weight is 249 g/mol. The molecule has 1 rings (SSSR count). The Labute approximate surface area is 96.0 Å².